The van der Waals surface area contributed by atoms with Crippen LogP contribution in [0.2, 0.25) is 0 Å². The summed E-state index contributed by atoms with van der Waals surface area (Å²) in [6, 6.07) is 7.08. The minimum absolute atomic E-state index is 0.250. The summed E-state index contributed by atoms with van der Waals surface area (Å²) in [6.07, 6.45) is 10.8. The molecule has 0 radical (unpaired) electrons. The molecule has 2 aliphatic carbocycles. The van der Waals surface area contributed by atoms with Crippen molar-refractivity contribution in [3.63, 3.8) is 0 Å². The fourth-order valence-electron chi connectivity index (χ4n) is 3.17. The van der Waals surface area contributed by atoms with E-state index in [1.165, 1.54) is 43.4 Å². The van der Waals surface area contributed by atoms with Crippen molar-refractivity contribution in [1.82, 2.24) is 5.32 Å². The van der Waals surface area contributed by atoms with Crippen molar-refractivity contribution in [1.29, 1.82) is 0 Å². The molecule has 0 aromatic heterocycles. The third kappa shape index (κ3) is 2.55. The van der Waals surface area contributed by atoms with Crippen LogP contribution in [0.25, 0.3) is 0 Å². The van der Waals surface area contributed by atoms with Crippen molar-refractivity contribution in [3.05, 3.63) is 34.9 Å². The molecule has 0 saturated heterocycles. The highest BCUT2D eigenvalue weighted by atomic mass is 14.9. The number of hydrogen-bond acceptors (Lipinski definition) is 1. The molecule has 1 saturated carbocycles. The Labute approximate surface area is 116 Å². The Hall–Kier alpha value is -1.26. The lowest BCUT2D eigenvalue weighted by Gasteiger charge is -2.37. The van der Waals surface area contributed by atoms with Gasteiger partial charge in [0, 0.05) is 11.6 Å². The number of benzene rings is 1. The van der Waals surface area contributed by atoms with E-state index in [0.717, 1.165) is 11.5 Å². The lowest BCUT2D eigenvalue weighted by Crippen LogP contribution is -2.33. The molecule has 0 spiro atoms. The first kappa shape index (κ1) is 12.8. The summed E-state index contributed by atoms with van der Waals surface area (Å²) < 4.78 is 0. The molecule has 1 aromatic rings. The summed E-state index contributed by atoms with van der Waals surface area (Å²) in [7, 11) is 0. The van der Waals surface area contributed by atoms with Crippen molar-refractivity contribution in [2.24, 2.45) is 5.92 Å². The predicted molar refractivity (Wildman–Crippen MR) is 80.1 cm³/mol. The molecule has 1 nitrogen and oxygen atoms in total. The van der Waals surface area contributed by atoms with Gasteiger partial charge in [-0.1, -0.05) is 25.8 Å². The first-order valence-electron chi connectivity index (χ1n) is 7.44. The lowest BCUT2D eigenvalue weighted by molar-refractivity contribution is 0.355. The fraction of sp³-hybridized carbons (Fsp3) is 0.556. The van der Waals surface area contributed by atoms with Gasteiger partial charge in [0.1, 0.15) is 0 Å². The second-order valence-electron chi connectivity index (χ2n) is 6.77. The van der Waals surface area contributed by atoms with Crippen molar-refractivity contribution < 1.29 is 0 Å². The van der Waals surface area contributed by atoms with Crippen LogP contribution in [0.5, 0.6) is 0 Å². The van der Waals surface area contributed by atoms with E-state index < -0.39 is 0 Å². The molecular formula is C18H23N. The molecule has 100 valence electrons. The van der Waals surface area contributed by atoms with E-state index in [4.69, 9.17) is 6.42 Å². The maximum Gasteiger partial charge on any atom is 0.0323 e. The van der Waals surface area contributed by atoms with Crippen LogP contribution in [0.15, 0.2) is 18.2 Å². The van der Waals surface area contributed by atoms with Crippen LogP contribution in [0.1, 0.15) is 62.3 Å². The van der Waals surface area contributed by atoms with Crippen LogP contribution in [0.4, 0.5) is 0 Å². The van der Waals surface area contributed by atoms with E-state index >= 15 is 0 Å². The highest BCUT2D eigenvalue weighted by Crippen LogP contribution is 2.42. The van der Waals surface area contributed by atoms with Crippen LogP contribution in [-0.4, -0.2) is 6.54 Å². The molecule has 19 heavy (non-hydrogen) atoms. The second kappa shape index (κ2) is 4.69. The molecule has 1 atom stereocenters. The molecular weight excluding hydrogens is 230 g/mol. The van der Waals surface area contributed by atoms with Crippen LogP contribution in [0.3, 0.4) is 0 Å². The Morgan fingerprint density at radius 1 is 1.32 bits per heavy atom. The smallest absolute Gasteiger partial charge is 0.0323 e. The maximum atomic E-state index is 5.55. The summed E-state index contributed by atoms with van der Waals surface area (Å²) >= 11 is 0. The topological polar surface area (TPSA) is 12.0 Å². The maximum absolute atomic E-state index is 5.55. The van der Waals surface area contributed by atoms with Crippen LogP contribution >= 0.6 is 0 Å². The van der Waals surface area contributed by atoms with Crippen molar-refractivity contribution >= 4 is 0 Å². The third-order valence-electron chi connectivity index (χ3n) is 4.73. The third-order valence-corrected chi connectivity index (χ3v) is 4.73. The number of fused-ring (bicyclic) bond motifs is 1. The van der Waals surface area contributed by atoms with E-state index in [2.05, 4.69) is 43.3 Å². The van der Waals surface area contributed by atoms with E-state index in [0.29, 0.717) is 6.04 Å². The standard InChI is InChI=1S/C18H23N/c1-4-13-7-8-15-16(11-13)18(2,3)10-9-17(15)19-12-14-5-6-14/h1,7-8,11,14,17,19H,5-6,9-10,12H2,2-3H3. The fourth-order valence-corrected chi connectivity index (χ4v) is 3.17. The zero-order chi connectivity index (χ0) is 13.5. The summed E-state index contributed by atoms with van der Waals surface area (Å²) in [5.74, 6) is 3.70. The van der Waals surface area contributed by atoms with Gasteiger partial charge < -0.3 is 5.32 Å². The normalized spacial score (nSPS) is 24.6. The molecule has 0 amide bonds. The molecule has 2 aliphatic rings. The van der Waals surface area contributed by atoms with Gasteiger partial charge in [0.15, 0.2) is 0 Å². The minimum Gasteiger partial charge on any atom is -0.310 e. The molecule has 0 heterocycles. The molecule has 0 bridgehead atoms. The number of rotatable bonds is 3. The average molecular weight is 253 g/mol. The Morgan fingerprint density at radius 3 is 2.79 bits per heavy atom. The molecule has 1 aromatic carbocycles. The van der Waals surface area contributed by atoms with Gasteiger partial charge in [0.05, 0.1) is 0 Å². The number of terminal acetylenes is 1. The Kier molecular flexibility index (Phi) is 3.15. The summed E-state index contributed by atoms with van der Waals surface area (Å²) in [4.78, 5) is 0. The van der Waals surface area contributed by atoms with E-state index in [9.17, 15) is 0 Å². The number of nitrogens with one attached hydrogen (secondary N) is 1. The molecule has 3 rings (SSSR count). The average Bonchev–Trinajstić information content (AvgIpc) is 3.22. The molecule has 1 N–H and O–H groups in total. The minimum atomic E-state index is 0.250. The van der Waals surface area contributed by atoms with Gasteiger partial charge >= 0.3 is 0 Å². The summed E-state index contributed by atoms with van der Waals surface area (Å²) in [5, 5.41) is 3.76. The first-order chi connectivity index (χ1) is 9.10. The molecule has 1 fully saturated rings. The Bertz CT molecular complexity index is 517. The van der Waals surface area contributed by atoms with Gasteiger partial charge in [-0.05, 0) is 66.8 Å². The van der Waals surface area contributed by atoms with Gasteiger partial charge in [-0.15, -0.1) is 6.42 Å². The van der Waals surface area contributed by atoms with Crippen LogP contribution in [0, 0.1) is 18.3 Å². The van der Waals surface area contributed by atoms with Gasteiger partial charge in [-0.25, -0.2) is 0 Å². The Morgan fingerprint density at radius 2 is 2.11 bits per heavy atom. The van der Waals surface area contributed by atoms with Crippen LogP contribution < -0.4 is 5.32 Å². The highest BCUT2D eigenvalue weighted by molar-refractivity contribution is 5.45. The summed E-state index contributed by atoms with van der Waals surface area (Å²) in [5.41, 5.74) is 4.17. The van der Waals surface area contributed by atoms with Gasteiger partial charge in [0.25, 0.3) is 0 Å². The highest BCUT2D eigenvalue weighted by Gasteiger charge is 2.33. The molecule has 1 unspecified atom stereocenters. The Balaban J connectivity index is 1.89. The number of hydrogen-bond donors (Lipinski definition) is 1. The monoisotopic (exact) mass is 253 g/mol. The largest absolute Gasteiger partial charge is 0.310 e. The summed E-state index contributed by atoms with van der Waals surface area (Å²) in [6.45, 7) is 5.86. The van der Waals surface area contributed by atoms with Gasteiger partial charge in [0.2, 0.25) is 0 Å². The van der Waals surface area contributed by atoms with Crippen molar-refractivity contribution in [2.45, 2.75) is 51.0 Å². The second-order valence-corrected chi connectivity index (χ2v) is 6.77. The first-order valence-corrected chi connectivity index (χ1v) is 7.44. The van der Waals surface area contributed by atoms with Crippen LogP contribution in [-0.2, 0) is 5.41 Å². The van der Waals surface area contributed by atoms with Gasteiger partial charge in [-0.2, -0.15) is 0 Å². The molecule has 0 aliphatic heterocycles. The molecule has 1 heteroatoms. The quantitative estimate of drug-likeness (QED) is 0.808. The zero-order valence-corrected chi connectivity index (χ0v) is 12.0. The SMILES string of the molecule is C#Cc1ccc2c(c1)C(C)(C)CCC2NCC1CC1. The zero-order valence-electron chi connectivity index (χ0n) is 12.0. The van der Waals surface area contributed by atoms with Crippen molar-refractivity contribution in [3.8, 4) is 12.3 Å². The lowest BCUT2D eigenvalue weighted by atomic mass is 9.70. The van der Waals surface area contributed by atoms with E-state index in [-0.39, 0.29) is 5.41 Å². The van der Waals surface area contributed by atoms with E-state index in [1.54, 1.807) is 0 Å². The predicted octanol–water partition coefficient (Wildman–Crippen LogP) is 3.78. The van der Waals surface area contributed by atoms with Crippen molar-refractivity contribution in [2.75, 3.05) is 6.54 Å². The van der Waals surface area contributed by atoms with Gasteiger partial charge in [-0.3, -0.25) is 0 Å². The van der Waals surface area contributed by atoms with E-state index in [1.807, 2.05) is 0 Å².